The van der Waals surface area contributed by atoms with Crippen molar-refractivity contribution in [1.82, 2.24) is 5.32 Å². The topological polar surface area (TPSA) is 38.3 Å². The Morgan fingerprint density at radius 3 is 2.80 bits per heavy atom. The van der Waals surface area contributed by atoms with Gasteiger partial charge >= 0.3 is 0 Å². The summed E-state index contributed by atoms with van der Waals surface area (Å²) in [7, 11) is 0. The molecule has 0 saturated carbocycles. The molecule has 1 heterocycles. The van der Waals surface area contributed by atoms with Gasteiger partial charge in [0.1, 0.15) is 17.8 Å². The van der Waals surface area contributed by atoms with E-state index in [1.807, 2.05) is 24.3 Å². The van der Waals surface area contributed by atoms with Crippen LogP contribution in [-0.2, 0) is 0 Å². The maximum Gasteiger partial charge on any atom is 0.259 e. The lowest BCUT2D eigenvalue weighted by Crippen LogP contribution is -2.20. The van der Waals surface area contributed by atoms with Crippen molar-refractivity contribution < 1.29 is 13.9 Å². The van der Waals surface area contributed by atoms with E-state index in [-0.39, 0.29) is 5.56 Å². The lowest BCUT2D eigenvalue weighted by atomic mass is 10.1. The largest absolute Gasteiger partial charge is 0.462 e. The van der Waals surface area contributed by atoms with E-state index in [9.17, 15) is 9.18 Å². The van der Waals surface area contributed by atoms with Crippen molar-refractivity contribution in [2.45, 2.75) is 0 Å². The first-order valence-electron chi connectivity index (χ1n) is 5.87. The number of hydrogen-bond acceptors (Lipinski definition) is 2. The van der Waals surface area contributed by atoms with E-state index in [1.165, 1.54) is 18.4 Å². The summed E-state index contributed by atoms with van der Waals surface area (Å²) in [4.78, 5) is 12.1. The number of hydrogen-bond donors (Lipinski definition) is 1. The first-order chi connectivity index (χ1) is 9.63. The van der Waals surface area contributed by atoms with E-state index < -0.39 is 11.7 Å². The van der Waals surface area contributed by atoms with Gasteiger partial charge in [0.2, 0.25) is 0 Å². The fourth-order valence-electron chi connectivity index (χ4n) is 1.92. The van der Waals surface area contributed by atoms with Gasteiger partial charge in [-0.3, -0.25) is 4.79 Å². The number of halogens is 2. The van der Waals surface area contributed by atoms with E-state index in [1.54, 1.807) is 0 Å². The van der Waals surface area contributed by atoms with Crippen molar-refractivity contribution in [1.29, 1.82) is 0 Å². The molecule has 1 aliphatic heterocycles. The maximum absolute atomic E-state index is 13.2. The molecule has 0 aliphatic carbocycles. The highest BCUT2D eigenvalue weighted by molar-refractivity contribution is 9.10. The van der Waals surface area contributed by atoms with Crippen LogP contribution in [0, 0.1) is 5.82 Å². The van der Waals surface area contributed by atoms with Crippen LogP contribution in [0.15, 0.2) is 53.2 Å². The van der Waals surface area contributed by atoms with Crippen LogP contribution in [0.5, 0.6) is 5.75 Å². The SMILES string of the molecule is O=C1NC(c2cccc(Br)c2)=COc2ccc(F)cc21. The molecular weight excluding hydrogens is 325 g/mol. The molecule has 0 atom stereocenters. The Labute approximate surface area is 123 Å². The van der Waals surface area contributed by atoms with Crippen LogP contribution in [0.4, 0.5) is 4.39 Å². The predicted octanol–water partition coefficient (Wildman–Crippen LogP) is 3.71. The van der Waals surface area contributed by atoms with Crippen molar-refractivity contribution in [2.75, 3.05) is 0 Å². The highest BCUT2D eigenvalue weighted by atomic mass is 79.9. The molecule has 0 saturated heterocycles. The molecule has 0 bridgehead atoms. The third kappa shape index (κ3) is 2.44. The van der Waals surface area contributed by atoms with Gasteiger partial charge < -0.3 is 10.1 Å². The fraction of sp³-hybridized carbons (Fsp3) is 0. The molecule has 1 aliphatic rings. The molecule has 1 amide bonds. The van der Waals surface area contributed by atoms with E-state index >= 15 is 0 Å². The standard InChI is InChI=1S/C15H9BrFNO2/c16-10-3-1-2-9(6-10)13-8-20-14-5-4-11(17)7-12(14)15(19)18-13/h1-8H,(H,18,19). The Bertz CT molecular complexity index is 728. The number of nitrogens with one attached hydrogen (secondary N) is 1. The normalized spacial score (nSPS) is 13.7. The number of fused-ring (bicyclic) bond motifs is 1. The second kappa shape index (κ2) is 5.09. The number of benzene rings is 2. The summed E-state index contributed by atoms with van der Waals surface area (Å²) >= 11 is 3.37. The summed E-state index contributed by atoms with van der Waals surface area (Å²) in [5.74, 6) is -0.550. The molecule has 0 spiro atoms. The average molecular weight is 334 g/mol. The van der Waals surface area contributed by atoms with Gasteiger partial charge in [-0.1, -0.05) is 28.1 Å². The van der Waals surface area contributed by atoms with Crippen LogP contribution in [0.2, 0.25) is 0 Å². The third-order valence-electron chi connectivity index (χ3n) is 2.87. The third-order valence-corrected chi connectivity index (χ3v) is 3.37. The fourth-order valence-corrected chi connectivity index (χ4v) is 2.32. The first-order valence-corrected chi connectivity index (χ1v) is 6.66. The maximum atomic E-state index is 13.2. The summed E-state index contributed by atoms with van der Waals surface area (Å²) in [5.41, 5.74) is 1.49. The Morgan fingerprint density at radius 1 is 1.15 bits per heavy atom. The van der Waals surface area contributed by atoms with E-state index in [0.717, 1.165) is 16.1 Å². The molecule has 1 N–H and O–H groups in total. The van der Waals surface area contributed by atoms with Gasteiger partial charge in [-0.2, -0.15) is 0 Å². The highest BCUT2D eigenvalue weighted by Crippen LogP contribution is 2.26. The van der Waals surface area contributed by atoms with E-state index in [4.69, 9.17) is 4.74 Å². The van der Waals surface area contributed by atoms with E-state index in [2.05, 4.69) is 21.2 Å². The summed E-state index contributed by atoms with van der Waals surface area (Å²) < 4.78 is 19.6. The van der Waals surface area contributed by atoms with Crippen LogP contribution in [-0.4, -0.2) is 5.91 Å². The number of rotatable bonds is 1. The Morgan fingerprint density at radius 2 is 2.00 bits per heavy atom. The van der Waals surface area contributed by atoms with Gasteiger partial charge in [0, 0.05) is 10.0 Å². The summed E-state index contributed by atoms with van der Waals surface area (Å²) in [6.45, 7) is 0. The lowest BCUT2D eigenvalue weighted by molar-refractivity contribution is 0.0973. The molecule has 3 rings (SSSR count). The molecule has 0 radical (unpaired) electrons. The highest BCUT2D eigenvalue weighted by Gasteiger charge is 2.19. The van der Waals surface area contributed by atoms with Crippen LogP contribution < -0.4 is 10.1 Å². The minimum absolute atomic E-state index is 0.172. The first kappa shape index (κ1) is 12.9. The summed E-state index contributed by atoms with van der Waals surface area (Å²) in [5, 5.41) is 2.72. The zero-order chi connectivity index (χ0) is 14.1. The Kier molecular flexibility index (Phi) is 3.28. The van der Waals surface area contributed by atoms with Crippen LogP contribution in [0.25, 0.3) is 5.70 Å². The molecule has 0 aromatic heterocycles. The van der Waals surface area contributed by atoms with Crippen LogP contribution in [0.1, 0.15) is 15.9 Å². The predicted molar refractivity (Wildman–Crippen MR) is 76.6 cm³/mol. The van der Waals surface area contributed by atoms with Gasteiger partial charge in [0.15, 0.2) is 0 Å². The van der Waals surface area contributed by atoms with Crippen molar-refractivity contribution in [3.05, 3.63) is 70.1 Å². The number of carbonyl (C=O) groups is 1. The minimum atomic E-state index is -0.478. The second-order valence-electron chi connectivity index (χ2n) is 4.25. The monoisotopic (exact) mass is 333 g/mol. The molecule has 0 unspecified atom stereocenters. The van der Waals surface area contributed by atoms with Gasteiger partial charge in [0.05, 0.1) is 11.3 Å². The molecule has 5 heteroatoms. The van der Waals surface area contributed by atoms with E-state index in [0.29, 0.717) is 11.4 Å². The quantitative estimate of drug-likeness (QED) is 0.863. The zero-order valence-electron chi connectivity index (χ0n) is 10.2. The van der Waals surface area contributed by atoms with Crippen molar-refractivity contribution in [3.63, 3.8) is 0 Å². The Hall–Kier alpha value is -2.14. The van der Waals surface area contributed by atoms with Gasteiger partial charge in [-0.25, -0.2) is 4.39 Å². The molecule has 2 aromatic carbocycles. The van der Waals surface area contributed by atoms with Crippen molar-refractivity contribution >= 4 is 27.5 Å². The molecular formula is C15H9BrFNO2. The number of amides is 1. The number of ether oxygens (including phenoxy) is 1. The van der Waals surface area contributed by atoms with Gasteiger partial charge in [0.25, 0.3) is 5.91 Å². The molecule has 20 heavy (non-hydrogen) atoms. The molecule has 3 nitrogen and oxygen atoms in total. The van der Waals surface area contributed by atoms with Crippen molar-refractivity contribution in [2.24, 2.45) is 0 Å². The zero-order valence-corrected chi connectivity index (χ0v) is 11.8. The molecule has 0 fully saturated rings. The molecule has 2 aromatic rings. The van der Waals surface area contributed by atoms with Gasteiger partial charge in [-0.05, 0) is 30.3 Å². The average Bonchev–Trinajstić information content (AvgIpc) is 2.59. The Balaban J connectivity index is 2.00. The smallest absolute Gasteiger partial charge is 0.259 e. The molecule has 100 valence electrons. The van der Waals surface area contributed by atoms with Gasteiger partial charge in [-0.15, -0.1) is 0 Å². The van der Waals surface area contributed by atoms with Crippen LogP contribution in [0.3, 0.4) is 0 Å². The minimum Gasteiger partial charge on any atom is -0.462 e. The van der Waals surface area contributed by atoms with Crippen LogP contribution >= 0.6 is 15.9 Å². The second-order valence-corrected chi connectivity index (χ2v) is 5.17. The summed E-state index contributed by atoms with van der Waals surface area (Å²) in [6, 6.07) is 11.3. The lowest BCUT2D eigenvalue weighted by Gasteiger charge is -2.07. The number of carbonyl (C=O) groups excluding carboxylic acids is 1. The summed E-state index contributed by atoms with van der Waals surface area (Å²) in [6.07, 6.45) is 1.45. The van der Waals surface area contributed by atoms with Crippen molar-refractivity contribution in [3.8, 4) is 5.75 Å².